The van der Waals surface area contributed by atoms with Crippen LogP contribution in [0.3, 0.4) is 0 Å². The molecule has 3 atom stereocenters. The lowest BCUT2D eigenvalue weighted by molar-refractivity contribution is -0.245. The smallest absolute Gasteiger partial charge is 0.261 e. The summed E-state index contributed by atoms with van der Waals surface area (Å²) in [7, 11) is 0. The summed E-state index contributed by atoms with van der Waals surface area (Å²) in [5.41, 5.74) is 1.02. The molecule has 0 aromatic heterocycles. The number of hydrogen-bond donors (Lipinski definition) is 3. The number of carbonyl (C=O) groups is 2. The number of nitrogens with one attached hydrogen (secondary N) is 2. The number of carbonyl (C=O) groups excluding carboxylic acids is 2. The van der Waals surface area contributed by atoms with Crippen molar-refractivity contribution in [3.63, 3.8) is 0 Å². The van der Waals surface area contributed by atoms with Gasteiger partial charge in [-0.25, -0.2) is 22.0 Å². The molecule has 5 rings (SSSR count). The van der Waals surface area contributed by atoms with E-state index in [0.717, 1.165) is 16.0 Å². The molecule has 0 radical (unpaired) electrons. The average Bonchev–Trinajstić information content (AvgIpc) is 3.06. The largest absolute Gasteiger partial charge is 0.392 e. The molecule has 0 saturated carbocycles. The molecule has 4 aromatic rings. The number of anilines is 2. The fourth-order valence-corrected chi connectivity index (χ4v) is 5.73. The monoisotopic (exact) mass is 658 g/mol. The van der Waals surface area contributed by atoms with Crippen molar-refractivity contribution < 1.29 is 46.1 Å². The number of halogens is 5. The Morgan fingerprint density at radius 2 is 1.46 bits per heavy atom. The number of hydrogen-bond acceptors (Lipinski definition) is 6. The van der Waals surface area contributed by atoms with Crippen molar-refractivity contribution in [1.82, 2.24) is 0 Å². The Hall–Kier alpha value is -4.30. The van der Waals surface area contributed by atoms with Gasteiger partial charge in [-0.1, -0.05) is 36.4 Å². The van der Waals surface area contributed by atoms with E-state index in [2.05, 4.69) is 10.6 Å². The van der Waals surface area contributed by atoms with Crippen molar-refractivity contribution in [2.75, 3.05) is 16.4 Å². The van der Waals surface area contributed by atoms with Crippen LogP contribution in [0.25, 0.3) is 0 Å². The number of aliphatic hydroxyl groups excluding tert-OH is 1. The molecule has 4 aromatic carbocycles. The SMILES string of the molecule is CC(=O)Nc1ccc(SC[C@@H]2C[C@H](c3ccc(CO)cc3)O[C@H](c3cccc(NC(=O)c4c(F)c(F)c(F)c(F)c4F)c3)O2)cc1. The van der Waals surface area contributed by atoms with Crippen LogP contribution in [-0.2, 0) is 20.9 Å². The Kier molecular flexibility index (Phi) is 10.4. The molecule has 0 unspecified atom stereocenters. The number of ether oxygens (including phenoxy) is 2. The van der Waals surface area contributed by atoms with Gasteiger partial charge in [-0.05, 0) is 47.5 Å². The molecule has 46 heavy (non-hydrogen) atoms. The molecule has 1 fully saturated rings. The van der Waals surface area contributed by atoms with Crippen LogP contribution in [0.4, 0.5) is 33.3 Å². The minimum Gasteiger partial charge on any atom is -0.392 e. The van der Waals surface area contributed by atoms with Crippen LogP contribution in [0.15, 0.2) is 77.7 Å². The van der Waals surface area contributed by atoms with Gasteiger partial charge in [0.1, 0.15) is 5.56 Å². The average molecular weight is 659 g/mol. The Morgan fingerprint density at radius 1 is 0.804 bits per heavy atom. The summed E-state index contributed by atoms with van der Waals surface area (Å²) >= 11 is 1.53. The Balaban J connectivity index is 1.36. The first-order valence-electron chi connectivity index (χ1n) is 14.0. The van der Waals surface area contributed by atoms with Crippen molar-refractivity contribution >= 4 is 35.0 Å². The maximum Gasteiger partial charge on any atom is 0.261 e. The highest BCUT2D eigenvalue weighted by Crippen LogP contribution is 2.40. The fraction of sp³-hybridized carbons (Fsp3) is 0.212. The van der Waals surface area contributed by atoms with Crippen molar-refractivity contribution in [3.8, 4) is 0 Å². The quantitative estimate of drug-likeness (QED) is 0.0750. The van der Waals surface area contributed by atoms with Crippen LogP contribution in [0, 0.1) is 29.1 Å². The predicted molar refractivity (Wildman–Crippen MR) is 161 cm³/mol. The van der Waals surface area contributed by atoms with E-state index in [-0.39, 0.29) is 24.3 Å². The highest BCUT2D eigenvalue weighted by atomic mass is 32.2. The topological polar surface area (TPSA) is 96.9 Å². The van der Waals surface area contributed by atoms with Crippen LogP contribution in [0.2, 0.25) is 0 Å². The van der Waals surface area contributed by atoms with Crippen molar-refractivity contribution in [2.24, 2.45) is 0 Å². The van der Waals surface area contributed by atoms with Gasteiger partial charge in [-0.2, -0.15) is 0 Å². The first-order valence-corrected chi connectivity index (χ1v) is 15.0. The summed E-state index contributed by atoms with van der Waals surface area (Å²) in [6.45, 7) is 1.30. The lowest BCUT2D eigenvalue weighted by Crippen LogP contribution is -2.31. The number of benzene rings is 4. The minimum absolute atomic E-state index is 0.00162. The normalized spacial score (nSPS) is 17.8. The van der Waals surface area contributed by atoms with Crippen LogP contribution >= 0.6 is 11.8 Å². The molecule has 7 nitrogen and oxygen atoms in total. The number of thioether (sulfide) groups is 1. The van der Waals surface area contributed by atoms with E-state index in [1.54, 1.807) is 30.3 Å². The first-order chi connectivity index (χ1) is 22.0. The lowest BCUT2D eigenvalue weighted by Gasteiger charge is -2.36. The van der Waals surface area contributed by atoms with Crippen LogP contribution < -0.4 is 10.6 Å². The summed E-state index contributed by atoms with van der Waals surface area (Å²) < 4.78 is 81.9. The van der Waals surface area contributed by atoms with Gasteiger partial charge < -0.3 is 25.2 Å². The van der Waals surface area contributed by atoms with Crippen molar-refractivity contribution in [1.29, 1.82) is 0 Å². The Bertz CT molecular complexity index is 1710. The van der Waals surface area contributed by atoms with E-state index in [1.807, 2.05) is 24.3 Å². The summed E-state index contributed by atoms with van der Waals surface area (Å²) in [5.74, 6) is -12.5. The maximum atomic E-state index is 14.2. The molecule has 0 bridgehead atoms. The molecule has 1 heterocycles. The molecule has 3 N–H and O–H groups in total. The molecule has 2 amide bonds. The Labute approximate surface area is 264 Å². The van der Waals surface area contributed by atoms with E-state index in [4.69, 9.17) is 9.47 Å². The van der Waals surface area contributed by atoms with Gasteiger partial charge in [-0.15, -0.1) is 11.8 Å². The van der Waals surface area contributed by atoms with Gasteiger partial charge >= 0.3 is 0 Å². The zero-order valence-electron chi connectivity index (χ0n) is 24.2. The third kappa shape index (κ3) is 7.56. The van der Waals surface area contributed by atoms with Gasteiger partial charge in [0.15, 0.2) is 29.6 Å². The first kappa shape index (κ1) is 33.1. The van der Waals surface area contributed by atoms with Gasteiger partial charge in [0, 0.05) is 40.9 Å². The fourth-order valence-electron chi connectivity index (χ4n) is 4.81. The van der Waals surface area contributed by atoms with E-state index in [9.17, 15) is 36.6 Å². The molecular formula is C33H27F5N2O5S. The Morgan fingerprint density at radius 3 is 2.09 bits per heavy atom. The minimum atomic E-state index is -2.37. The van der Waals surface area contributed by atoms with E-state index in [0.29, 0.717) is 23.4 Å². The van der Waals surface area contributed by atoms with Gasteiger partial charge in [0.05, 0.1) is 18.8 Å². The van der Waals surface area contributed by atoms with Crippen LogP contribution in [0.5, 0.6) is 0 Å². The second-order valence-corrected chi connectivity index (χ2v) is 11.5. The molecule has 1 aliphatic heterocycles. The van der Waals surface area contributed by atoms with Gasteiger partial charge in [0.25, 0.3) is 5.91 Å². The maximum absolute atomic E-state index is 14.2. The number of rotatable bonds is 9. The highest BCUT2D eigenvalue weighted by molar-refractivity contribution is 7.99. The van der Waals surface area contributed by atoms with Crippen LogP contribution in [-0.4, -0.2) is 28.8 Å². The van der Waals surface area contributed by atoms with Gasteiger partial charge in [-0.3, -0.25) is 9.59 Å². The number of amides is 2. The molecule has 240 valence electrons. The second-order valence-electron chi connectivity index (χ2n) is 10.4. The van der Waals surface area contributed by atoms with E-state index >= 15 is 0 Å². The van der Waals surface area contributed by atoms with Crippen molar-refractivity contribution in [3.05, 3.63) is 124 Å². The summed E-state index contributed by atoms with van der Waals surface area (Å²) in [4.78, 5) is 24.9. The third-order valence-corrected chi connectivity index (χ3v) is 8.22. The standard InChI is InChI=1S/C33H27F5N2O5S/c1-17(42)39-21-9-11-24(12-10-21)46-16-23-14-25(19-7-5-18(15-41)6-8-19)45-33(44-23)20-3-2-4-22(13-20)40-32(43)26-27(34)29(36)31(38)30(37)28(26)35/h2-13,23,25,33,41H,14-16H2,1H3,(H,39,42)(H,40,43)/t23-,25+,33+/m0/s1. The van der Waals surface area contributed by atoms with E-state index < -0.39 is 53.0 Å². The summed E-state index contributed by atoms with van der Waals surface area (Å²) in [5, 5.41) is 14.3. The predicted octanol–water partition coefficient (Wildman–Crippen LogP) is 7.42. The zero-order valence-corrected chi connectivity index (χ0v) is 25.0. The molecule has 0 spiro atoms. The lowest BCUT2D eigenvalue weighted by atomic mass is 10.0. The number of aliphatic hydroxyl groups is 1. The van der Waals surface area contributed by atoms with Crippen LogP contribution in [0.1, 0.15) is 52.8 Å². The van der Waals surface area contributed by atoms with E-state index in [1.165, 1.54) is 36.9 Å². The zero-order chi connectivity index (χ0) is 33.0. The third-order valence-electron chi connectivity index (χ3n) is 7.08. The molecule has 1 aliphatic rings. The molecular weight excluding hydrogens is 631 g/mol. The highest BCUT2D eigenvalue weighted by Gasteiger charge is 2.33. The summed E-state index contributed by atoms with van der Waals surface area (Å²) in [6, 6.07) is 20.5. The second kappa shape index (κ2) is 14.4. The van der Waals surface area contributed by atoms with Gasteiger partial charge in [0.2, 0.25) is 11.7 Å². The molecule has 1 saturated heterocycles. The molecule has 13 heteroatoms. The van der Waals surface area contributed by atoms with Crippen molar-refractivity contribution in [2.45, 2.75) is 43.3 Å². The summed E-state index contributed by atoms with van der Waals surface area (Å²) in [6.07, 6.45) is -1.27. The molecule has 0 aliphatic carbocycles.